The summed E-state index contributed by atoms with van der Waals surface area (Å²) in [5, 5.41) is 14.4. The number of amides is 3. The SMILES string of the molecule is C.C.C=C[C@H]1CC[C@@H](c2ccc(F)cc2)N1.C=C[C@H]1CC[C@@H](c2ccc(F)cc2)N1C(=O)OC(C)(C)C.CC(C)(C)OC(=O)N1[C@@H](C=O)CC[C@H]1c1ccc(F)cc1.CC(C)(C)OC(=O)N1[C@@H](CO)CC[C@H]1c1ccc(F)cc1.CP(Br)(c1ccccc1)(c1ccccc1)c1ccccc1.O=CC(F)(F)F.[2H]CC.[2H]CC. The molecule has 4 aliphatic heterocycles. The monoisotopic (exact) mass is 1620 g/mol. The van der Waals surface area contributed by atoms with Crippen LogP contribution in [-0.4, -0.2) is 111 Å². The molecule has 22 heteroatoms. The van der Waals surface area contributed by atoms with Gasteiger partial charge < -0.3 is 29.4 Å². The van der Waals surface area contributed by atoms with Crippen molar-refractivity contribution in [2.45, 2.75) is 227 Å². The summed E-state index contributed by atoms with van der Waals surface area (Å²) in [5.74, 6) is -1.08. The summed E-state index contributed by atoms with van der Waals surface area (Å²) >= 11 is 4.24. The standard InChI is InChI=1S/C19H18BrP.C17H22FNO2.C16H22FNO3.C16H20FNO3.C12H14FN.C2HF3O.2C2H6.2CH4/c1-21(20,17-11-5-2-6-12-17,18-13-7-3-8-14-18)19-15-9-4-10-16-19;1-5-14-10-11-15(12-6-8-13(18)9-7-12)19(14)16(20)21-17(2,3)4;2*1-16(2,3)21-15(20)18-13(10-19)8-9-14(18)11-4-6-12(17)7-5-11;1-2-11-7-8-12(14-11)9-3-5-10(13)6-4-9;3-2(4,5)1-6;2*1-2;;/h2-16H,1H3;5-9,14-15H,1,10-11H2,2-4H3;4-7,13-14,19H,8-10H2,1-3H3;4-7,10,13-14H,8-9H2,1-3H3;2-6,11-12,14H,1,7-8H2;1H;2*1-2H3;2*1H4/t;14-,15-;2*13-,14+;11-,12-;;;;;/m.0110...../s1/i;;;;;;2*1D;;. The molecule has 0 aliphatic carbocycles. The number of nitrogens with one attached hydrogen (secondary N) is 1. The first kappa shape index (κ1) is 93.9. The summed E-state index contributed by atoms with van der Waals surface area (Å²) in [5.41, 5.74) is 2.00. The Morgan fingerprint density at radius 1 is 0.491 bits per heavy atom. The van der Waals surface area contributed by atoms with Crippen molar-refractivity contribution in [3.05, 3.63) is 259 Å². The van der Waals surface area contributed by atoms with Crippen LogP contribution in [0.25, 0.3) is 0 Å². The number of rotatable bonds is 11. The second-order valence-electron chi connectivity index (χ2n) is 28.7. The van der Waals surface area contributed by atoms with E-state index < -0.39 is 52.8 Å². The maximum absolute atomic E-state index is 13.1. The van der Waals surface area contributed by atoms with Gasteiger partial charge in [0.25, 0.3) is 0 Å². The van der Waals surface area contributed by atoms with Crippen molar-refractivity contribution in [2.75, 3.05) is 13.3 Å². The molecule has 4 saturated heterocycles. The van der Waals surface area contributed by atoms with Crippen molar-refractivity contribution in [3.8, 4) is 0 Å². The molecule has 0 radical (unpaired) electrons. The molecule has 11 rings (SSSR count). The Morgan fingerprint density at radius 3 is 1.06 bits per heavy atom. The Labute approximate surface area is 660 Å². The third kappa shape index (κ3) is 29.3. The molecular formula is C88H117BrF7N4O9P. The van der Waals surface area contributed by atoms with E-state index in [9.17, 15) is 55.0 Å². The third-order valence-electron chi connectivity index (χ3n) is 17.6. The quantitative estimate of drug-likeness (QED) is 0.0420. The van der Waals surface area contributed by atoms with Crippen molar-refractivity contribution in [1.82, 2.24) is 20.0 Å². The van der Waals surface area contributed by atoms with Gasteiger partial charge in [0.05, 0.1) is 42.9 Å². The Kier molecular flexibility index (Phi) is 38.5. The topological polar surface area (TPSA) is 155 Å². The zero-order valence-corrected chi connectivity index (χ0v) is 66.5. The Balaban J connectivity index is 0.000000458. The van der Waals surface area contributed by atoms with E-state index in [4.69, 9.17) is 21.7 Å². The van der Waals surface area contributed by atoms with E-state index in [1.165, 1.54) is 69.3 Å². The van der Waals surface area contributed by atoms with Gasteiger partial charge in [0.1, 0.15) is 46.4 Å². The van der Waals surface area contributed by atoms with Crippen LogP contribution >= 0.6 is 20.8 Å². The number of aldehydes is 2. The van der Waals surface area contributed by atoms with Gasteiger partial charge >= 0.3 is 159 Å². The predicted molar refractivity (Wildman–Crippen MR) is 438 cm³/mol. The minimum Gasteiger partial charge on any atom is -0.293 e. The second kappa shape index (κ2) is 45.1. The molecule has 4 heterocycles. The van der Waals surface area contributed by atoms with Crippen LogP contribution in [0.15, 0.2) is 213 Å². The normalized spacial score (nSPS) is 19.6. The number of alkyl halides is 3. The van der Waals surface area contributed by atoms with E-state index in [2.05, 4.69) is 132 Å². The molecule has 0 bridgehead atoms. The molecule has 7 aromatic carbocycles. The number of ether oxygens (including phenoxy) is 3. The number of aliphatic hydroxyl groups excluding tert-OH is 1. The molecule has 110 heavy (non-hydrogen) atoms. The van der Waals surface area contributed by atoms with Crippen LogP contribution in [0.4, 0.5) is 45.1 Å². The third-order valence-corrected chi connectivity index (χ3v) is 25.8. The van der Waals surface area contributed by atoms with Crippen LogP contribution < -0.4 is 21.2 Å². The molecule has 2 N–H and O–H groups in total. The summed E-state index contributed by atoms with van der Waals surface area (Å²) in [7, 11) is 0. The van der Waals surface area contributed by atoms with Crippen molar-refractivity contribution < 1.29 is 76.8 Å². The van der Waals surface area contributed by atoms with Crippen LogP contribution in [-0.2, 0) is 23.8 Å². The smallest absolute Gasteiger partial charge is 0.293 e. The first-order valence-corrected chi connectivity index (χ1v) is 40.6. The van der Waals surface area contributed by atoms with Gasteiger partial charge in [0.2, 0.25) is 6.29 Å². The average Bonchev–Trinajstić information content (AvgIpc) is 0.835. The molecule has 4 aliphatic rings. The zero-order chi connectivity index (χ0) is 82.2. The van der Waals surface area contributed by atoms with Gasteiger partial charge in [0.15, 0.2) is 0 Å². The van der Waals surface area contributed by atoms with Gasteiger partial charge in [-0.15, -0.1) is 13.2 Å². The fraction of sp³-hybridized carbons (Fsp3) is 0.420. The largest absolute Gasteiger partial charge is 0.446 e. The summed E-state index contributed by atoms with van der Waals surface area (Å²) in [4.78, 5) is 61.9. The number of halogens is 8. The van der Waals surface area contributed by atoms with E-state index in [-0.39, 0.29) is 81.0 Å². The number of likely N-dealkylation sites (tertiary alicyclic amines) is 3. The molecule has 0 unspecified atom stereocenters. The van der Waals surface area contributed by atoms with Gasteiger partial charge in [-0.1, -0.05) is 103 Å². The van der Waals surface area contributed by atoms with Gasteiger partial charge in [-0.05, 0) is 184 Å². The summed E-state index contributed by atoms with van der Waals surface area (Å²) in [6, 6.07) is 56.9. The molecule has 0 saturated carbocycles. The van der Waals surface area contributed by atoms with E-state index in [0.29, 0.717) is 45.1 Å². The fourth-order valence-electron chi connectivity index (χ4n) is 12.6. The first-order valence-electron chi connectivity index (χ1n) is 37.3. The molecule has 13 nitrogen and oxygen atoms in total. The Bertz CT molecular complexity index is 3730. The maximum atomic E-state index is 13.1. The van der Waals surface area contributed by atoms with Crippen LogP contribution in [0.2, 0.25) is 0 Å². The number of hydrogen-bond donors (Lipinski definition) is 2. The van der Waals surface area contributed by atoms with E-state index in [1.54, 1.807) is 86.9 Å². The number of carbonyl (C=O) groups excluding carboxylic acids is 5. The number of nitrogens with zero attached hydrogens (tertiary/aromatic N) is 3. The van der Waals surface area contributed by atoms with Crippen LogP contribution in [0.1, 0.15) is 205 Å². The molecule has 0 aromatic heterocycles. The van der Waals surface area contributed by atoms with Crippen molar-refractivity contribution in [2.24, 2.45) is 0 Å². The maximum Gasteiger partial charge on any atom is 0.446 e. The van der Waals surface area contributed by atoms with Gasteiger partial charge in [-0.3, -0.25) is 19.5 Å². The molecule has 7 aromatic rings. The van der Waals surface area contributed by atoms with Crippen LogP contribution in [0, 0.1) is 23.3 Å². The van der Waals surface area contributed by atoms with E-state index >= 15 is 0 Å². The molecule has 8 atom stereocenters. The molecule has 4 fully saturated rings. The molecule has 0 spiro atoms. The Hall–Kier alpha value is -8.49. The van der Waals surface area contributed by atoms with Crippen molar-refractivity contribution >= 4 is 67.6 Å². The molecular weight excluding hydrogens is 1500 g/mol. The summed E-state index contributed by atoms with van der Waals surface area (Å²) < 4.78 is 112. The number of carbonyl (C=O) groups is 5. The van der Waals surface area contributed by atoms with E-state index in [1.807, 2.05) is 59.8 Å². The predicted octanol–water partition coefficient (Wildman–Crippen LogP) is 22.5. The second-order valence-corrected chi connectivity index (χ2v) is 38.5. The number of aliphatic hydroxyl groups is 1. The van der Waals surface area contributed by atoms with Gasteiger partial charge in [-0.2, -0.15) is 13.2 Å². The molecule has 604 valence electrons. The van der Waals surface area contributed by atoms with Crippen LogP contribution in [0.3, 0.4) is 0 Å². The van der Waals surface area contributed by atoms with Crippen LogP contribution in [0.5, 0.6) is 0 Å². The van der Waals surface area contributed by atoms with Crippen molar-refractivity contribution in [1.29, 1.82) is 0 Å². The summed E-state index contributed by atoms with van der Waals surface area (Å²) in [6.45, 7) is 30.7. The average molecular weight is 1620 g/mol. The first-order chi connectivity index (χ1) is 51.7. The van der Waals surface area contributed by atoms with Gasteiger partial charge in [0, 0.05) is 14.8 Å². The number of benzene rings is 7. The number of hydrogen-bond acceptors (Lipinski definition) is 10. The Morgan fingerprint density at radius 2 is 0.782 bits per heavy atom. The minimum absolute atomic E-state index is 0. The minimum atomic E-state index is -4.64. The fourth-order valence-corrected chi connectivity index (χ4v) is 18.3. The summed E-state index contributed by atoms with van der Waals surface area (Å²) in [6.07, 6.45) is 4.05. The van der Waals surface area contributed by atoms with Gasteiger partial charge in [-0.25, -0.2) is 31.9 Å². The zero-order valence-electron chi connectivity index (χ0n) is 66.0. The molecule has 3 amide bonds. The van der Waals surface area contributed by atoms with E-state index in [0.717, 1.165) is 60.6 Å². The van der Waals surface area contributed by atoms with Crippen molar-refractivity contribution in [3.63, 3.8) is 0 Å².